The average molecular weight is 328 g/mol. The number of barbiturate groups is 1. The lowest BCUT2D eigenvalue weighted by Crippen LogP contribution is -2.51. The molecule has 1 aromatic carbocycles. The van der Waals surface area contributed by atoms with Crippen LogP contribution in [-0.2, 0) is 9.59 Å². The Morgan fingerprint density at radius 3 is 2.46 bits per heavy atom. The summed E-state index contributed by atoms with van der Waals surface area (Å²) in [5, 5.41) is 3.91. The van der Waals surface area contributed by atoms with E-state index < -0.39 is 29.1 Å². The maximum atomic E-state index is 13.2. The van der Waals surface area contributed by atoms with Gasteiger partial charge in [0.25, 0.3) is 11.8 Å². The van der Waals surface area contributed by atoms with Crippen LogP contribution < -0.4 is 16.1 Å². The molecule has 1 saturated heterocycles. The fourth-order valence-electron chi connectivity index (χ4n) is 2.11. The number of allylic oxidation sites excluding steroid dienone is 2. The minimum atomic E-state index is -0.900. The van der Waals surface area contributed by atoms with E-state index in [1.165, 1.54) is 30.5 Å². The summed E-state index contributed by atoms with van der Waals surface area (Å²) >= 11 is 0. The third-order valence-corrected chi connectivity index (χ3v) is 3.24. The summed E-state index contributed by atoms with van der Waals surface area (Å²) in [6.45, 7) is 0. The first-order valence-electron chi connectivity index (χ1n) is 6.72. The van der Waals surface area contributed by atoms with Crippen molar-refractivity contribution in [3.63, 3.8) is 0 Å². The second-order valence-electron chi connectivity index (χ2n) is 4.84. The molecular weight excluding hydrogens is 319 g/mol. The van der Waals surface area contributed by atoms with Gasteiger partial charge in [-0.3, -0.25) is 25.0 Å². The average Bonchev–Trinajstić information content (AvgIpc) is 2.52. The van der Waals surface area contributed by atoms with Crippen molar-refractivity contribution < 1.29 is 23.2 Å². The third kappa shape index (κ3) is 2.84. The van der Waals surface area contributed by atoms with Crippen LogP contribution in [0.5, 0.6) is 0 Å². The van der Waals surface area contributed by atoms with E-state index in [1.807, 2.05) is 10.6 Å². The zero-order valence-electron chi connectivity index (χ0n) is 12.0. The van der Waals surface area contributed by atoms with Crippen LogP contribution in [0.1, 0.15) is 5.56 Å². The molecule has 24 heavy (non-hydrogen) atoms. The van der Waals surface area contributed by atoms with Gasteiger partial charge in [-0.05, 0) is 30.4 Å². The van der Waals surface area contributed by atoms with Crippen LogP contribution in [0.4, 0.5) is 9.18 Å². The standard InChI is InChI=1S/C16H9FN2O5/c17-9-4-5-12-11(6-9)13(20)8(7-24-12)2-1-3-10-14(21)18-16(23)19-15(10)22/h1-7H,(H2,18,19,21,22,23). The first kappa shape index (κ1) is 15.3. The number of imide groups is 2. The van der Waals surface area contributed by atoms with Crippen LogP contribution in [0, 0.1) is 5.82 Å². The molecule has 120 valence electrons. The molecule has 2 N–H and O–H groups in total. The number of rotatable bonds is 2. The lowest BCUT2D eigenvalue weighted by Gasteiger charge is -2.12. The zero-order valence-corrected chi connectivity index (χ0v) is 12.0. The summed E-state index contributed by atoms with van der Waals surface area (Å²) in [7, 11) is 0. The molecule has 1 aliphatic rings. The number of fused-ring (bicyclic) bond motifs is 1. The summed E-state index contributed by atoms with van der Waals surface area (Å²) in [5.41, 5.74) is -0.403. The van der Waals surface area contributed by atoms with Crippen molar-refractivity contribution in [3.8, 4) is 0 Å². The second-order valence-corrected chi connectivity index (χ2v) is 4.84. The van der Waals surface area contributed by atoms with E-state index in [4.69, 9.17) is 4.42 Å². The number of urea groups is 1. The Morgan fingerprint density at radius 1 is 1.04 bits per heavy atom. The van der Waals surface area contributed by atoms with Gasteiger partial charge in [-0.25, -0.2) is 9.18 Å². The molecule has 1 fully saturated rings. The Labute approximate surface area is 133 Å². The van der Waals surface area contributed by atoms with E-state index in [1.54, 1.807) is 0 Å². The van der Waals surface area contributed by atoms with Crippen molar-refractivity contribution in [2.75, 3.05) is 0 Å². The van der Waals surface area contributed by atoms with E-state index in [2.05, 4.69) is 0 Å². The Bertz CT molecular complexity index is 981. The molecule has 7 nitrogen and oxygen atoms in total. The second kappa shape index (κ2) is 5.92. The Balaban J connectivity index is 1.94. The molecule has 0 unspecified atom stereocenters. The van der Waals surface area contributed by atoms with Gasteiger partial charge in [0.05, 0.1) is 10.9 Å². The van der Waals surface area contributed by atoms with Crippen LogP contribution in [0.25, 0.3) is 17.0 Å². The van der Waals surface area contributed by atoms with E-state index in [-0.39, 0.29) is 22.1 Å². The molecule has 0 aliphatic carbocycles. The Hall–Kier alpha value is -3.55. The predicted molar refractivity (Wildman–Crippen MR) is 81.2 cm³/mol. The lowest BCUT2D eigenvalue weighted by atomic mass is 10.1. The van der Waals surface area contributed by atoms with Crippen molar-refractivity contribution in [1.82, 2.24) is 10.6 Å². The molecule has 1 aromatic heterocycles. The molecule has 0 bridgehead atoms. The molecule has 0 radical (unpaired) electrons. The minimum absolute atomic E-state index is 0.0727. The SMILES string of the molecule is O=C1NC(=O)C(=CC=Cc2coc3ccc(F)cc3c2=O)C(=O)N1. The Morgan fingerprint density at radius 2 is 1.75 bits per heavy atom. The molecule has 2 aromatic rings. The first-order valence-corrected chi connectivity index (χ1v) is 6.72. The summed E-state index contributed by atoms with van der Waals surface area (Å²) in [6.07, 6.45) is 4.91. The molecule has 1 aliphatic heterocycles. The number of hydrogen-bond donors (Lipinski definition) is 2. The van der Waals surface area contributed by atoms with Gasteiger partial charge in [0.1, 0.15) is 23.2 Å². The van der Waals surface area contributed by atoms with E-state index >= 15 is 0 Å². The number of hydrogen-bond acceptors (Lipinski definition) is 5. The van der Waals surface area contributed by atoms with Gasteiger partial charge in [0, 0.05) is 0 Å². The van der Waals surface area contributed by atoms with E-state index in [0.717, 1.165) is 12.1 Å². The summed E-state index contributed by atoms with van der Waals surface area (Å²) < 4.78 is 18.5. The van der Waals surface area contributed by atoms with Gasteiger partial charge in [-0.2, -0.15) is 0 Å². The molecule has 0 atom stereocenters. The monoisotopic (exact) mass is 328 g/mol. The first-order chi connectivity index (χ1) is 11.5. The van der Waals surface area contributed by atoms with Crippen molar-refractivity contribution in [2.24, 2.45) is 0 Å². The zero-order chi connectivity index (χ0) is 17.3. The van der Waals surface area contributed by atoms with Gasteiger partial charge in [0.2, 0.25) is 0 Å². The van der Waals surface area contributed by atoms with E-state index in [9.17, 15) is 23.6 Å². The van der Waals surface area contributed by atoms with Crippen molar-refractivity contribution in [1.29, 1.82) is 0 Å². The normalized spacial score (nSPS) is 14.9. The number of halogens is 1. The van der Waals surface area contributed by atoms with Gasteiger partial charge >= 0.3 is 6.03 Å². The smallest absolute Gasteiger partial charge is 0.328 e. The largest absolute Gasteiger partial charge is 0.463 e. The van der Waals surface area contributed by atoms with Crippen LogP contribution >= 0.6 is 0 Å². The quantitative estimate of drug-likeness (QED) is 0.637. The van der Waals surface area contributed by atoms with Gasteiger partial charge in [-0.15, -0.1) is 0 Å². The van der Waals surface area contributed by atoms with E-state index in [0.29, 0.717) is 0 Å². The van der Waals surface area contributed by atoms with Crippen LogP contribution in [0.2, 0.25) is 0 Å². The summed E-state index contributed by atoms with van der Waals surface area (Å²) in [4.78, 5) is 46.2. The van der Waals surface area contributed by atoms with Gasteiger partial charge < -0.3 is 4.42 Å². The maximum absolute atomic E-state index is 13.2. The lowest BCUT2D eigenvalue weighted by molar-refractivity contribution is -0.124. The highest BCUT2D eigenvalue weighted by atomic mass is 19.1. The molecule has 3 rings (SSSR count). The molecule has 0 saturated carbocycles. The molecular formula is C16H9FN2O5. The Kier molecular flexibility index (Phi) is 3.78. The van der Waals surface area contributed by atoms with Crippen LogP contribution in [0.15, 0.2) is 51.4 Å². The van der Waals surface area contributed by atoms with Gasteiger partial charge in [-0.1, -0.05) is 6.08 Å². The van der Waals surface area contributed by atoms with Crippen molar-refractivity contribution >= 4 is 34.9 Å². The predicted octanol–water partition coefficient (Wildman–Crippen LogP) is 1.24. The topological polar surface area (TPSA) is 105 Å². The maximum Gasteiger partial charge on any atom is 0.328 e. The fourth-order valence-corrected chi connectivity index (χ4v) is 2.11. The van der Waals surface area contributed by atoms with Crippen LogP contribution in [-0.4, -0.2) is 17.8 Å². The minimum Gasteiger partial charge on any atom is -0.463 e. The molecule has 8 heteroatoms. The van der Waals surface area contributed by atoms with Crippen LogP contribution in [0.3, 0.4) is 0 Å². The van der Waals surface area contributed by atoms with Crippen molar-refractivity contribution in [2.45, 2.75) is 0 Å². The highest BCUT2D eigenvalue weighted by Gasteiger charge is 2.26. The highest BCUT2D eigenvalue weighted by Crippen LogP contribution is 2.13. The summed E-state index contributed by atoms with van der Waals surface area (Å²) in [5.74, 6) is -2.26. The highest BCUT2D eigenvalue weighted by molar-refractivity contribution is 6.29. The van der Waals surface area contributed by atoms with Crippen molar-refractivity contribution in [3.05, 3.63) is 63.8 Å². The molecule has 2 heterocycles. The fraction of sp³-hybridized carbons (Fsp3) is 0. The molecule has 0 spiro atoms. The number of carbonyl (C=O) groups excluding carboxylic acids is 3. The number of nitrogens with one attached hydrogen (secondary N) is 2. The summed E-state index contributed by atoms with van der Waals surface area (Å²) in [6, 6.07) is 2.68. The number of amides is 4. The number of carbonyl (C=O) groups is 3. The number of benzene rings is 1. The van der Waals surface area contributed by atoms with Gasteiger partial charge in [0.15, 0.2) is 5.43 Å². The third-order valence-electron chi connectivity index (χ3n) is 3.24. The molecule has 4 amide bonds.